The van der Waals surface area contributed by atoms with Gasteiger partial charge in [-0.2, -0.15) is 70.6 Å². The quantitative estimate of drug-likeness (QED) is 0.134. The van der Waals surface area contributed by atoms with Crippen molar-refractivity contribution in [2.24, 2.45) is 34.4 Å². The van der Waals surface area contributed by atoms with E-state index in [4.69, 9.17) is 34.4 Å². The molecule has 3 fully saturated rings. The predicted octanol–water partition coefficient (Wildman–Crippen LogP) is 2.70. The summed E-state index contributed by atoms with van der Waals surface area (Å²) in [5, 5.41) is 5.25. The van der Waals surface area contributed by atoms with Crippen LogP contribution in [-0.2, 0) is 0 Å². The summed E-state index contributed by atoms with van der Waals surface area (Å²) < 4.78 is 0. The normalized spacial score (nSPS) is 28.5. The maximum Gasteiger partial charge on any atom is 0.0167 e. The Morgan fingerprint density at radius 1 is 0.361 bits per heavy atom. The molecule has 0 aromatic heterocycles. The van der Waals surface area contributed by atoms with Gasteiger partial charge in [-0.15, -0.1) is 0 Å². The Morgan fingerprint density at radius 2 is 0.583 bits per heavy atom. The van der Waals surface area contributed by atoms with Crippen molar-refractivity contribution in [3.8, 4) is 0 Å². The lowest BCUT2D eigenvalue weighted by molar-refractivity contribution is 0.540. The standard InChI is InChI=1S/3C8H18N2S2/c9-1-3-11-7-5-8(6-7)12-4-2-10;2*9-3-5-11-7-1-2-8(7)12-6-4-10/h3*7-8H,1-6,9-10H2. The minimum atomic E-state index is 0.815. The van der Waals surface area contributed by atoms with E-state index in [1.807, 2.05) is 70.6 Å². The molecule has 0 amide bonds. The Balaban J connectivity index is 0.000000270. The van der Waals surface area contributed by atoms with Crippen molar-refractivity contribution in [1.82, 2.24) is 0 Å². The maximum atomic E-state index is 5.45. The fourth-order valence-electron chi connectivity index (χ4n) is 3.78. The number of hydrogen-bond donors (Lipinski definition) is 6. The fraction of sp³-hybridized carbons (Fsp3) is 1.00. The van der Waals surface area contributed by atoms with Gasteiger partial charge in [0.15, 0.2) is 0 Å². The van der Waals surface area contributed by atoms with Crippen LogP contribution in [0.5, 0.6) is 0 Å². The monoisotopic (exact) mass is 618 g/mol. The zero-order valence-electron chi connectivity index (χ0n) is 22.1. The van der Waals surface area contributed by atoms with Crippen molar-refractivity contribution >= 4 is 70.6 Å². The molecule has 0 saturated heterocycles. The highest BCUT2D eigenvalue weighted by molar-refractivity contribution is 8.04. The molecule has 4 atom stereocenters. The second-order valence-electron chi connectivity index (χ2n) is 8.98. The Bertz CT molecular complexity index is 424. The highest BCUT2D eigenvalue weighted by atomic mass is 32.2. The van der Waals surface area contributed by atoms with E-state index in [1.165, 1.54) is 38.5 Å². The molecule has 0 aliphatic heterocycles. The molecule has 3 rings (SSSR count). The third-order valence-corrected chi connectivity index (χ3v) is 14.9. The highest BCUT2D eigenvalue weighted by Crippen LogP contribution is 2.41. The molecule has 3 saturated carbocycles. The average Bonchev–Trinajstić information content (AvgIpc) is 2.83. The first-order chi connectivity index (χ1) is 17.6. The lowest BCUT2D eigenvalue weighted by Crippen LogP contribution is -2.33. The van der Waals surface area contributed by atoms with Crippen molar-refractivity contribution in [1.29, 1.82) is 0 Å². The fourth-order valence-corrected chi connectivity index (χ4v) is 11.7. The first-order valence-corrected chi connectivity index (χ1v) is 19.8. The summed E-state index contributed by atoms with van der Waals surface area (Å²) in [6, 6.07) is 0. The van der Waals surface area contributed by atoms with E-state index in [2.05, 4.69) is 0 Å². The van der Waals surface area contributed by atoms with Crippen molar-refractivity contribution in [3.63, 3.8) is 0 Å². The van der Waals surface area contributed by atoms with E-state index in [9.17, 15) is 0 Å². The van der Waals surface area contributed by atoms with Crippen LogP contribution in [0.2, 0.25) is 0 Å². The van der Waals surface area contributed by atoms with Gasteiger partial charge in [0, 0.05) is 105 Å². The van der Waals surface area contributed by atoms with Crippen LogP contribution in [0.3, 0.4) is 0 Å². The third-order valence-electron chi connectivity index (χ3n) is 6.09. The number of nitrogens with two attached hydrogens (primary N) is 6. The van der Waals surface area contributed by atoms with Gasteiger partial charge in [-0.1, -0.05) is 0 Å². The summed E-state index contributed by atoms with van der Waals surface area (Å²) in [6.07, 6.45) is 8.27. The largest absolute Gasteiger partial charge is 0.330 e. The van der Waals surface area contributed by atoms with Gasteiger partial charge in [-0.05, 0) is 38.5 Å². The lowest BCUT2D eigenvalue weighted by Gasteiger charge is -2.35. The Kier molecular flexibility index (Phi) is 24.6. The minimum absolute atomic E-state index is 0.815. The van der Waals surface area contributed by atoms with E-state index >= 15 is 0 Å². The second kappa shape index (κ2) is 24.6. The molecule has 0 aromatic rings. The van der Waals surface area contributed by atoms with Gasteiger partial charge >= 0.3 is 0 Å². The molecular weight excluding hydrogens is 565 g/mol. The molecule has 12 N–H and O–H groups in total. The van der Waals surface area contributed by atoms with Crippen LogP contribution >= 0.6 is 70.6 Å². The number of hydrogen-bond acceptors (Lipinski definition) is 12. The molecule has 4 unspecified atom stereocenters. The van der Waals surface area contributed by atoms with Gasteiger partial charge in [0.05, 0.1) is 0 Å². The third kappa shape index (κ3) is 16.2. The zero-order valence-corrected chi connectivity index (χ0v) is 27.0. The van der Waals surface area contributed by atoms with Crippen LogP contribution in [-0.4, -0.2) is 105 Å². The van der Waals surface area contributed by atoms with Gasteiger partial charge in [0.25, 0.3) is 0 Å². The SMILES string of the molecule is NCCSC1CC(SCCN)C1.NCCSC1CCC1SCCN.NCCSC1CCC1SCCN. The molecule has 36 heavy (non-hydrogen) atoms. The molecule has 6 nitrogen and oxygen atoms in total. The zero-order chi connectivity index (χ0) is 26.4. The van der Waals surface area contributed by atoms with Crippen LogP contribution in [0.25, 0.3) is 0 Å². The Hall–Kier alpha value is 1.86. The molecule has 216 valence electrons. The summed E-state index contributed by atoms with van der Waals surface area (Å²) in [5.41, 5.74) is 32.7. The van der Waals surface area contributed by atoms with E-state index in [-0.39, 0.29) is 0 Å². The first-order valence-electron chi connectivity index (χ1n) is 13.5. The van der Waals surface area contributed by atoms with Crippen LogP contribution < -0.4 is 34.4 Å². The van der Waals surface area contributed by atoms with Gasteiger partial charge in [0.1, 0.15) is 0 Å². The molecule has 0 spiro atoms. The minimum Gasteiger partial charge on any atom is -0.330 e. The Labute approximate surface area is 247 Å². The summed E-state index contributed by atoms with van der Waals surface area (Å²) >= 11 is 12.2. The summed E-state index contributed by atoms with van der Waals surface area (Å²) in [5.74, 6) is 6.71. The summed E-state index contributed by atoms with van der Waals surface area (Å²) in [6.45, 7) is 4.90. The summed E-state index contributed by atoms with van der Waals surface area (Å²) in [4.78, 5) is 0. The molecular formula is C24H54N6S6. The summed E-state index contributed by atoms with van der Waals surface area (Å²) in [7, 11) is 0. The maximum absolute atomic E-state index is 5.45. The second-order valence-corrected chi connectivity index (χ2v) is 17.2. The van der Waals surface area contributed by atoms with Crippen LogP contribution in [0.4, 0.5) is 0 Å². The van der Waals surface area contributed by atoms with E-state index < -0.39 is 0 Å². The van der Waals surface area contributed by atoms with Gasteiger partial charge < -0.3 is 34.4 Å². The van der Waals surface area contributed by atoms with Gasteiger partial charge in [0.2, 0.25) is 0 Å². The topological polar surface area (TPSA) is 156 Å². The molecule has 0 bridgehead atoms. The molecule has 0 radical (unpaired) electrons. The number of rotatable bonds is 18. The van der Waals surface area contributed by atoms with Crippen molar-refractivity contribution in [2.45, 2.75) is 70.0 Å². The predicted molar refractivity (Wildman–Crippen MR) is 180 cm³/mol. The van der Waals surface area contributed by atoms with Crippen LogP contribution in [0.1, 0.15) is 38.5 Å². The smallest absolute Gasteiger partial charge is 0.0167 e. The van der Waals surface area contributed by atoms with Crippen molar-refractivity contribution < 1.29 is 0 Å². The first kappa shape index (κ1) is 35.9. The average molecular weight is 619 g/mol. The number of thioether (sulfide) groups is 6. The van der Waals surface area contributed by atoms with Gasteiger partial charge in [-0.25, -0.2) is 0 Å². The van der Waals surface area contributed by atoms with Crippen molar-refractivity contribution in [3.05, 3.63) is 0 Å². The van der Waals surface area contributed by atoms with Crippen LogP contribution in [0, 0.1) is 0 Å². The van der Waals surface area contributed by atoms with E-state index in [1.54, 1.807) is 0 Å². The highest BCUT2D eigenvalue weighted by Gasteiger charge is 2.31. The van der Waals surface area contributed by atoms with E-state index in [0.29, 0.717) is 0 Å². The molecule has 3 aliphatic carbocycles. The van der Waals surface area contributed by atoms with Gasteiger partial charge in [-0.3, -0.25) is 0 Å². The lowest BCUT2D eigenvalue weighted by atomic mass is 9.99. The molecule has 0 aromatic carbocycles. The molecule has 0 heterocycles. The molecule has 12 heteroatoms. The van der Waals surface area contributed by atoms with Crippen molar-refractivity contribution in [2.75, 3.05) is 73.8 Å². The molecule has 3 aliphatic rings. The Morgan fingerprint density at radius 3 is 0.778 bits per heavy atom. The van der Waals surface area contributed by atoms with Crippen LogP contribution in [0.15, 0.2) is 0 Å². The van der Waals surface area contributed by atoms with E-state index in [0.717, 1.165) is 105 Å².